The summed E-state index contributed by atoms with van der Waals surface area (Å²) < 4.78 is 0. The van der Waals surface area contributed by atoms with Crippen molar-refractivity contribution in [2.45, 2.75) is 0 Å². The Morgan fingerprint density at radius 3 is 2.00 bits per heavy atom. The fourth-order valence-electron chi connectivity index (χ4n) is 2.61. The molecule has 0 heterocycles. The Morgan fingerprint density at radius 2 is 1.31 bits per heavy atom. The summed E-state index contributed by atoms with van der Waals surface area (Å²) in [5, 5.41) is 12.1. The molecule has 4 N–H and O–H groups in total. The summed E-state index contributed by atoms with van der Waals surface area (Å²) in [6, 6.07) is 22.7. The van der Waals surface area contributed by atoms with E-state index in [-0.39, 0.29) is 17.9 Å². The molecule has 29 heavy (non-hydrogen) atoms. The number of phenolic OH excluding ortho intramolecular Hbond substituents is 1. The van der Waals surface area contributed by atoms with E-state index in [9.17, 15) is 19.5 Å². The smallest absolute Gasteiger partial charge is 0.273 e. The summed E-state index contributed by atoms with van der Waals surface area (Å²) in [4.78, 5) is 35.9. The average Bonchev–Trinajstić information content (AvgIpc) is 2.77. The van der Waals surface area contributed by atoms with Gasteiger partial charge in [-0.1, -0.05) is 54.6 Å². The molecule has 0 radical (unpaired) electrons. The van der Waals surface area contributed by atoms with Crippen molar-refractivity contribution in [3.8, 4) is 16.9 Å². The molecule has 3 rings (SSSR count). The van der Waals surface area contributed by atoms with Crippen molar-refractivity contribution in [1.82, 2.24) is 16.2 Å². The van der Waals surface area contributed by atoms with Crippen LogP contribution in [0.3, 0.4) is 0 Å². The molecule has 3 aromatic carbocycles. The molecule has 0 fully saturated rings. The largest absolute Gasteiger partial charge is 0.507 e. The SMILES string of the molecule is O=C(CNC(=O)c1ccc(-c2ccccc2)cc1)NNC(=O)c1ccccc1O. The molecule has 0 unspecified atom stereocenters. The lowest BCUT2D eigenvalue weighted by Crippen LogP contribution is -2.46. The molecule has 7 heteroatoms. The van der Waals surface area contributed by atoms with Crippen LogP contribution < -0.4 is 16.2 Å². The minimum Gasteiger partial charge on any atom is -0.507 e. The van der Waals surface area contributed by atoms with Crippen molar-refractivity contribution in [2.24, 2.45) is 0 Å². The molecule has 0 atom stereocenters. The standard InChI is InChI=1S/C22H19N3O4/c26-19-9-5-4-8-18(19)22(29)25-24-20(27)14-23-21(28)17-12-10-16(11-13-17)15-6-2-1-3-7-15/h1-13,26H,14H2,(H,23,28)(H,24,27)(H,25,29). The lowest BCUT2D eigenvalue weighted by atomic mass is 10.0. The van der Waals surface area contributed by atoms with Gasteiger partial charge in [-0.25, -0.2) is 0 Å². The van der Waals surface area contributed by atoms with Crippen molar-refractivity contribution >= 4 is 17.7 Å². The fourth-order valence-corrected chi connectivity index (χ4v) is 2.61. The van der Waals surface area contributed by atoms with Gasteiger partial charge in [-0.15, -0.1) is 0 Å². The Hall–Kier alpha value is -4.13. The number of carbonyl (C=O) groups excluding carboxylic acids is 3. The van der Waals surface area contributed by atoms with Gasteiger partial charge in [0.25, 0.3) is 17.7 Å². The lowest BCUT2D eigenvalue weighted by molar-refractivity contribution is -0.120. The molecule has 0 aliphatic heterocycles. The minimum absolute atomic E-state index is 0.0235. The van der Waals surface area contributed by atoms with Crippen molar-refractivity contribution in [1.29, 1.82) is 0 Å². The van der Waals surface area contributed by atoms with E-state index in [4.69, 9.17) is 0 Å². The van der Waals surface area contributed by atoms with Gasteiger partial charge >= 0.3 is 0 Å². The number of benzene rings is 3. The second-order valence-corrected chi connectivity index (χ2v) is 6.15. The van der Waals surface area contributed by atoms with Gasteiger partial charge in [-0.2, -0.15) is 0 Å². The van der Waals surface area contributed by atoms with Gasteiger partial charge in [-0.05, 0) is 35.4 Å². The molecule has 0 aliphatic rings. The second kappa shape index (κ2) is 9.18. The summed E-state index contributed by atoms with van der Waals surface area (Å²) in [6.45, 7) is -0.319. The van der Waals surface area contributed by atoms with Gasteiger partial charge in [0.15, 0.2) is 0 Å². The summed E-state index contributed by atoms with van der Waals surface area (Å²) in [5.74, 6) is -1.89. The van der Waals surface area contributed by atoms with E-state index in [0.29, 0.717) is 5.56 Å². The Balaban J connectivity index is 1.48. The topological polar surface area (TPSA) is 108 Å². The van der Waals surface area contributed by atoms with E-state index in [2.05, 4.69) is 16.2 Å². The van der Waals surface area contributed by atoms with Crippen LogP contribution in [0.1, 0.15) is 20.7 Å². The van der Waals surface area contributed by atoms with E-state index >= 15 is 0 Å². The Kier molecular flexibility index (Phi) is 6.22. The zero-order chi connectivity index (χ0) is 20.6. The van der Waals surface area contributed by atoms with Crippen LogP contribution in [0.5, 0.6) is 5.75 Å². The van der Waals surface area contributed by atoms with Crippen LogP contribution in [-0.2, 0) is 4.79 Å². The number of amides is 3. The predicted octanol–water partition coefficient (Wildman–Crippen LogP) is 2.25. The van der Waals surface area contributed by atoms with E-state index < -0.39 is 17.7 Å². The third-order valence-electron chi connectivity index (χ3n) is 4.13. The zero-order valence-corrected chi connectivity index (χ0v) is 15.4. The van der Waals surface area contributed by atoms with E-state index in [0.717, 1.165) is 11.1 Å². The number of rotatable bonds is 5. The highest BCUT2D eigenvalue weighted by Gasteiger charge is 2.12. The van der Waals surface area contributed by atoms with Crippen LogP contribution in [0.25, 0.3) is 11.1 Å². The summed E-state index contributed by atoms with van der Waals surface area (Å²) >= 11 is 0. The number of para-hydroxylation sites is 1. The van der Waals surface area contributed by atoms with Crippen molar-refractivity contribution in [3.05, 3.63) is 90.0 Å². The third kappa shape index (κ3) is 5.20. The van der Waals surface area contributed by atoms with Crippen molar-refractivity contribution in [2.75, 3.05) is 6.54 Å². The van der Waals surface area contributed by atoms with Crippen LogP contribution in [0.15, 0.2) is 78.9 Å². The van der Waals surface area contributed by atoms with Crippen molar-refractivity contribution < 1.29 is 19.5 Å². The van der Waals surface area contributed by atoms with Gasteiger partial charge in [0.05, 0.1) is 12.1 Å². The van der Waals surface area contributed by atoms with Crippen LogP contribution >= 0.6 is 0 Å². The van der Waals surface area contributed by atoms with Gasteiger partial charge in [0.2, 0.25) is 0 Å². The second-order valence-electron chi connectivity index (χ2n) is 6.15. The zero-order valence-electron chi connectivity index (χ0n) is 15.4. The first kappa shape index (κ1) is 19.6. The number of nitrogens with one attached hydrogen (secondary N) is 3. The quantitative estimate of drug-likeness (QED) is 0.502. The summed E-state index contributed by atoms with van der Waals surface area (Å²) in [6.07, 6.45) is 0. The number of hydrogen-bond acceptors (Lipinski definition) is 4. The van der Waals surface area contributed by atoms with Gasteiger partial charge in [-0.3, -0.25) is 25.2 Å². The van der Waals surface area contributed by atoms with Crippen LogP contribution in [-0.4, -0.2) is 29.4 Å². The number of carbonyl (C=O) groups is 3. The first-order valence-electron chi connectivity index (χ1n) is 8.85. The molecule has 146 valence electrons. The van der Waals surface area contributed by atoms with Gasteiger partial charge < -0.3 is 10.4 Å². The number of phenols is 1. The van der Waals surface area contributed by atoms with Crippen LogP contribution in [0.4, 0.5) is 0 Å². The molecule has 3 aromatic rings. The maximum Gasteiger partial charge on any atom is 0.273 e. The Labute approximate surface area is 167 Å². The molecule has 0 spiro atoms. The molecule has 0 saturated heterocycles. The molecule has 0 aromatic heterocycles. The molecular formula is C22H19N3O4. The first-order valence-corrected chi connectivity index (χ1v) is 8.85. The lowest BCUT2D eigenvalue weighted by Gasteiger charge is -2.09. The first-order chi connectivity index (χ1) is 14.0. The maximum absolute atomic E-state index is 12.2. The predicted molar refractivity (Wildman–Crippen MR) is 108 cm³/mol. The Bertz CT molecular complexity index is 1020. The Morgan fingerprint density at radius 1 is 0.690 bits per heavy atom. The van der Waals surface area contributed by atoms with Crippen molar-refractivity contribution in [3.63, 3.8) is 0 Å². The molecule has 7 nitrogen and oxygen atoms in total. The number of hydrazine groups is 1. The average molecular weight is 389 g/mol. The molecule has 3 amide bonds. The van der Waals surface area contributed by atoms with Gasteiger partial charge in [0, 0.05) is 5.56 Å². The highest BCUT2D eigenvalue weighted by atomic mass is 16.3. The molecular weight excluding hydrogens is 370 g/mol. The van der Waals surface area contributed by atoms with Gasteiger partial charge in [0.1, 0.15) is 5.75 Å². The minimum atomic E-state index is -0.667. The highest BCUT2D eigenvalue weighted by Crippen LogP contribution is 2.19. The number of hydrogen-bond donors (Lipinski definition) is 4. The monoisotopic (exact) mass is 389 g/mol. The van der Waals surface area contributed by atoms with Crippen LogP contribution in [0.2, 0.25) is 0 Å². The summed E-state index contributed by atoms with van der Waals surface area (Å²) in [7, 11) is 0. The van der Waals surface area contributed by atoms with E-state index in [1.165, 1.54) is 12.1 Å². The van der Waals surface area contributed by atoms with E-state index in [1.807, 2.05) is 42.5 Å². The maximum atomic E-state index is 12.2. The normalized spacial score (nSPS) is 10.1. The summed E-state index contributed by atoms with van der Waals surface area (Å²) in [5.41, 5.74) is 6.82. The number of aromatic hydroxyl groups is 1. The van der Waals surface area contributed by atoms with E-state index in [1.54, 1.807) is 24.3 Å². The highest BCUT2D eigenvalue weighted by molar-refractivity contribution is 5.99. The molecule has 0 bridgehead atoms. The fraction of sp³-hybridized carbons (Fsp3) is 0.0455. The van der Waals surface area contributed by atoms with Crippen LogP contribution in [0, 0.1) is 0 Å². The molecule has 0 aliphatic carbocycles. The molecule has 0 saturated carbocycles. The third-order valence-corrected chi connectivity index (χ3v) is 4.13.